The maximum atomic E-state index is 14.2. The van der Waals surface area contributed by atoms with Gasteiger partial charge in [0.15, 0.2) is 5.78 Å². The molecule has 0 aromatic heterocycles. The van der Waals surface area contributed by atoms with Crippen molar-refractivity contribution in [2.24, 2.45) is 35.3 Å². The number of nitrogens with two attached hydrogens (primary N) is 1. The number of likely N-dealkylation sites (N-methyl/N-ethyl adjacent to an activating group) is 1. The average molecular weight is 730 g/mol. The van der Waals surface area contributed by atoms with Crippen LogP contribution >= 0.6 is 0 Å². The lowest BCUT2D eigenvalue weighted by molar-refractivity contribution is -0.150. The van der Waals surface area contributed by atoms with Crippen molar-refractivity contribution in [3.05, 3.63) is 35.9 Å². The molecule has 0 saturated carbocycles. The van der Waals surface area contributed by atoms with E-state index in [1.165, 1.54) is 7.11 Å². The van der Waals surface area contributed by atoms with E-state index in [1.807, 2.05) is 44.2 Å². The number of hydrogen-bond donors (Lipinski definition) is 1. The molecule has 0 unspecified atom stereocenters. The number of ether oxygens (including phenoxy) is 3. The van der Waals surface area contributed by atoms with Gasteiger partial charge in [0, 0.05) is 52.5 Å². The molecule has 0 bridgehead atoms. The number of ketones is 2. The van der Waals surface area contributed by atoms with Gasteiger partial charge in [-0.2, -0.15) is 0 Å². The summed E-state index contributed by atoms with van der Waals surface area (Å²) in [5.41, 5.74) is 5.99. The highest BCUT2D eigenvalue weighted by molar-refractivity contribution is 5.92. The van der Waals surface area contributed by atoms with E-state index < -0.39 is 47.5 Å². The average Bonchev–Trinajstić information content (AvgIpc) is 3.60. The van der Waals surface area contributed by atoms with Crippen LogP contribution in [0.5, 0.6) is 0 Å². The van der Waals surface area contributed by atoms with Crippen LogP contribution in [0.4, 0.5) is 0 Å². The molecule has 1 fully saturated rings. The Kier molecular flexibility index (Phi) is 18.1. The lowest BCUT2D eigenvalue weighted by Gasteiger charge is -2.41. The number of carbonyl (C=O) groups excluding carboxylic acids is 5. The molecule has 1 heterocycles. The quantitative estimate of drug-likeness (QED) is 0.158. The van der Waals surface area contributed by atoms with Gasteiger partial charge in [-0.05, 0) is 50.5 Å². The predicted molar refractivity (Wildman–Crippen MR) is 202 cm³/mol. The van der Waals surface area contributed by atoms with Gasteiger partial charge in [0.2, 0.25) is 11.8 Å². The molecule has 52 heavy (non-hydrogen) atoms. The van der Waals surface area contributed by atoms with Crippen LogP contribution in [0.1, 0.15) is 99.0 Å². The van der Waals surface area contributed by atoms with Crippen LogP contribution in [-0.2, 0) is 44.6 Å². The summed E-state index contributed by atoms with van der Waals surface area (Å²) in [7, 11) is 6.20. The van der Waals surface area contributed by atoms with Crippen molar-refractivity contribution in [2.45, 2.75) is 130 Å². The number of benzene rings is 1. The molecule has 1 aromatic carbocycles. The van der Waals surface area contributed by atoms with E-state index in [0.29, 0.717) is 19.4 Å². The Morgan fingerprint density at radius 1 is 0.942 bits per heavy atom. The van der Waals surface area contributed by atoms with E-state index in [2.05, 4.69) is 13.8 Å². The van der Waals surface area contributed by atoms with Crippen LogP contribution in [0.3, 0.4) is 0 Å². The zero-order valence-electron chi connectivity index (χ0n) is 33.7. The summed E-state index contributed by atoms with van der Waals surface area (Å²) >= 11 is 0. The van der Waals surface area contributed by atoms with Crippen molar-refractivity contribution in [3.63, 3.8) is 0 Å². The highest BCUT2D eigenvalue weighted by atomic mass is 16.5. The second kappa shape index (κ2) is 20.9. The van der Waals surface area contributed by atoms with Crippen molar-refractivity contribution in [2.75, 3.05) is 34.9 Å². The molecular weight excluding hydrogens is 662 g/mol. The molecule has 7 atom stereocenters. The molecule has 11 heteroatoms. The van der Waals surface area contributed by atoms with Gasteiger partial charge < -0.3 is 29.7 Å². The zero-order valence-corrected chi connectivity index (χ0v) is 33.7. The summed E-state index contributed by atoms with van der Waals surface area (Å²) in [5, 5.41) is 0. The fraction of sp³-hybridized carbons (Fsp3) is 0.732. The van der Waals surface area contributed by atoms with Crippen LogP contribution < -0.4 is 5.73 Å². The van der Waals surface area contributed by atoms with Crippen LogP contribution in [0.25, 0.3) is 0 Å². The minimum Gasteiger partial charge on any atom is -0.469 e. The van der Waals surface area contributed by atoms with Gasteiger partial charge >= 0.3 is 5.97 Å². The Morgan fingerprint density at radius 3 is 2.06 bits per heavy atom. The second-order valence-electron chi connectivity index (χ2n) is 15.6. The first-order valence-corrected chi connectivity index (χ1v) is 19.0. The Balaban J connectivity index is 2.31. The summed E-state index contributed by atoms with van der Waals surface area (Å²) in [4.78, 5) is 71.3. The number of nitrogens with zero attached hydrogens (tertiary/aromatic N) is 2. The van der Waals surface area contributed by atoms with Crippen LogP contribution in [0.15, 0.2) is 30.3 Å². The van der Waals surface area contributed by atoms with Crippen molar-refractivity contribution in [1.29, 1.82) is 0 Å². The standard InChI is InChI=1S/C41H67N3O8/c1-12-29(13-2)37(43(8)39(48)31(26(3)4)24-35(46)41(6,7)42)34(50-9)25-36(47)44-21-17-20-32(44)38(51-10)27(5)33(45)23-30(40(49)52-11)22-28-18-15-14-16-19-28/h14-16,18-19,26-27,29-32,34,37-38H,12-13,17,20-25,42H2,1-11H3/t27-,30+,31-,32-,34+,37-,38+/m0/s1. The van der Waals surface area contributed by atoms with Crippen LogP contribution in [0, 0.1) is 29.6 Å². The summed E-state index contributed by atoms with van der Waals surface area (Å²) in [5.74, 6) is -2.90. The minimum absolute atomic E-state index is 0.00176. The first-order valence-electron chi connectivity index (χ1n) is 19.0. The van der Waals surface area contributed by atoms with Gasteiger partial charge in [0.1, 0.15) is 5.78 Å². The number of methoxy groups -OCH3 is 3. The number of amides is 2. The van der Waals surface area contributed by atoms with Crippen LogP contribution in [-0.4, -0.2) is 104 Å². The fourth-order valence-corrected chi connectivity index (χ4v) is 7.81. The molecule has 2 rings (SSSR count). The largest absolute Gasteiger partial charge is 0.469 e. The molecule has 1 saturated heterocycles. The highest BCUT2D eigenvalue weighted by Crippen LogP contribution is 2.32. The van der Waals surface area contributed by atoms with Crippen molar-refractivity contribution in [3.8, 4) is 0 Å². The molecule has 2 amide bonds. The monoisotopic (exact) mass is 729 g/mol. The van der Waals surface area contributed by atoms with E-state index in [0.717, 1.165) is 24.8 Å². The SMILES string of the molecule is CCC(CC)[C@@H]([C@@H](CC(=O)N1CCC[C@H]1[C@H](OC)[C@@H](C)C(=O)C[C@@H](Cc1ccccc1)C(=O)OC)OC)N(C)C(=O)[C@@H](CC(=O)C(C)(C)N)C(C)C. The van der Waals surface area contributed by atoms with Crippen molar-refractivity contribution >= 4 is 29.4 Å². The second-order valence-corrected chi connectivity index (χ2v) is 15.6. The number of rotatable bonds is 22. The van der Waals surface area contributed by atoms with E-state index in [9.17, 15) is 24.0 Å². The molecular formula is C41H67N3O8. The number of carbonyl (C=O) groups is 5. The van der Waals surface area contributed by atoms with Gasteiger partial charge in [0.05, 0.1) is 49.3 Å². The Morgan fingerprint density at radius 2 is 1.56 bits per heavy atom. The maximum absolute atomic E-state index is 14.2. The smallest absolute Gasteiger partial charge is 0.309 e. The maximum Gasteiger partial charge on any atom is 0.309 e. The van der Waals surface area contributed by atoms with Gasteiger partial charge in [0.25, 0.3) is 0 Å². The summed E-state index contributed by atoms with van der Waals surface area (Å²) in [6.45, 7) is 13.6. The predicted octanol–water partition coefficient (Wildman–Crippen LogP) is 5.26. The number of hydrogen-bond acceptors (Lipinski definition) is 9. The van der Waals surface area contributed by atoms with Gasteiger partial charge in [-0.1, -0.05) is 77.8 Å². The molecule has 0 spiro atoms. The normalized spacial score (nSPS) is 18.4. The third-order valence-electron chi connectivity index (χ3n) is 11.2. The topological polar surface area (TPSA) is 146 Å². The van der Waals surface area contributed by atoms with E-state index in [-0.39, 0.29) is 60.5 Å². The zero-order chi connectivity index (χ0) is 39.3. The minimum atomic E-state index is -1.05. The molecule has 1 aliphatic rings. The first-order chi connectivity index (χ1) is 24.5. The Labute approximate surface area is 312 Å². The Hall–Kier alpha value is -3.15. The van der Waals surface area contributed by atoms with E-state index >= 15 is 0 Å². The van der Waals surface area contributed by atoms with Crippen molar-refractivity contribution in [1.82, 2.24) is 9.80 Å². The van der Waals surface area contributed by atoms with Crippen molar-refractivity contribution < 1.29 is 38.2 Å². The lowest BCUT2D eigenvalue weighted by Crippen LogP contribution is -2.54. The van der Waals surface area contributed by atoms with E-state index in [1.54, 1.807) is 51.8 Å². The number of esters is 1. The van der Waals surface area contributed by atoms with Gasteiger partial charge in [-0.15, -0.1) is 0 Å². The molecule has 11 nitrogen and oxygen atoms in total. The molecule has 1 aromatic rings. The fourth-order valence-electron chi connectivity index (χ4n) is 7.81. The molecule has 0 aliphatic carbocycles. The van der Waals surface area contributed by atoms with E-state index in [4.69, 9.17) is 19.9 Å². The molecule has 2 N–H and O–H groups in total. The third-order valence-corrected chi connectivity index (χ3v) is 11.2. The summed E-state index contributed by atoms with van der Waals surface area (Å²) in [6, 6.07) is 8.77. The van der Waals surface area contributed by atoms with Crippen LogP contribution in [0.2, 0.25) is 0 Å². The molecule has 294 valence electrons. The first kappa shape index (κ1) is 45.0. The molecule has 1 aliphatic heterocycles. The summed E-state index contributed by atoms with van der Waals surface area (Å²) in [6.07, 6.45) is 2.21. The highest BCUT2D eigenvalue weighted by Gasteiger charge is 2.43. The molecule has 0 radical (unpaired) electrons. The third kappa shape index (κ3) is 11.9. The van der Waals surface area contributed by atoms with Gasteiger partial charge in [-0.25, -0.2) is 0 Å². The Bertz CT molecular complexity index is 1310. The summed E-state index contributed by atoms with van der Waals surface area (Å²) < 4.78 is 17.1. The van der Waals surface area contributed by atoms with Gasteiger partial charge in [-0.3, -0.25) is 24.0 Å². The number of Topliss-reactive ketones (excluding diaryl/α,β-unsaturated/α-hetero) is 2. The lowest BCUT2D eigenvalue weighted by atomic mass is 9.82. The number of likely N-dealkylation sites (tertiary alicyclic amines) is 1.